The summed E-state index contributed by atoms with van der Waals surface area (Å²) in [6.07, 6.45) is -7.44. The molecule has 2 aliphatic heterocycles. The van der Waals surface area contributed by atoms with Gasteiger partial charge in [0.2, 0.25) is 65.0 Å². The molecule has 0 aromatic rings. The first kappa shape index (κ1) is 79.7. The van der Waals surface area contributed by atoms with Crippen molar-refractivity contribution in [3.05, 3.63) is 0 Å². The fourth-order valence-corrected chi connectivity index (χ4v) is 15.2. The Bertz CT molecular complexity index is 2740. The molecule has 0 radical (unpaired) electrons. The lowest BCUT2D eigenvalue weighted by molar-refractivity contribution is -0.198. The highest BCUT2D eigenvalue weighted by Crippen LogP contribution is 2.45. The van der Waals surface area contributed by atoms with Gasteiger partial charge in [0.15, 0.2) is 0 Å². The predicted octanol–water partition coefficient (Wildman–Crippen LogP) is 6.36. The van der Waals surface area contributed by atoms with Gasteiger partial charge in [0.25, 0.3) is 0 Å². The van der Waals surface area contributed by atoms with E-state index in [1.165, 1.54) is 68.9 Å². The van der Waals surface area contributed by atoms with Gasteiger partial charge in [-0.25, -0.2) is 0 Å². The van der Waals surface area contributed by atoms with E-state index in [0.717, 1.165) is 19.6 Å². The van der Waals surface area contributed by atoms with Crippen molar-refractivity contribution < 1.29 is 79.1 Å². The van der Waals surface area contributed by atoms with Gasteiger partial charge in [-0.1, -0.05) is 73.6 Å². The van der Waals surface area contributed by atoms with Crippen LogP contribution in [0.15, 0.2) is 0 Å². The Morgan fingerprint density at radius 1 is 0.589 bits per heavy atom. The molecule has 29 heteroatoms. The minimum absolute atomic E-state index is 0.0116. The van der Waals surface area contributed by atoms with Crippen molar-refractivity contribution in [1.82, 2.24) is 55.1 Å². The van der Waals surface area contributed by atoms with Crippen LogP contribution < -0.4 is 16.0 Å². The van der Waals surface area contributed by atoms with Crippen molar-refractivity contribution in [2.75, 3.05) is 75.5 Å². The third-order valence-corrected chi connectivity index (χ3v) is 21.4. The summed E-state index contributed by atoms with van der Waals surface area (Å²) in [6, 6.07) is -8.51. The molecule has 3 aliphatic carbocycles. The van der Waals surface area contributed by atoms with Crippen LogP contribution in [0.5, 0.6) is 0 Å². The molecule has 5 rings (SSSR count). The Kier molecular flexibility index (Phi) is 28.5. The number of hydrogen-bond donors (Lipinski definition) is 3. The van der Waals surface area contributed by atoms with E-state index >= 15 is 9.59 Å². The van der Waals surface area contributed by atoms with Crippen LogP contribution in [0.2, 0.25) is 0 Å². The maximum atomic E-state index is 15.1. The second-order valence-electron chi connectivity index (χ2n) is 28.7. The van der Waals surface area contributed by atoms with Crippen molar-refractivity contribution in [3.63, 3.8) is 0 Å². The molecule has 3 N–H and O–H groups in total. The second kappa shape index (κ2) is 34.0. The van der Waals surface area contributed by atoms with Gasteiger partial charge in [0.1, 0.15) is 41.8 Å². The Morgan fingerprint density at radius 3 is 1.76 bits per heavy atom. The van der Waals surface area contributed by atoms with Crippen molar-refractivity contribution in [3.8, 4) is 0 Å². The molecule has 0 aromatic carbocycles. The average molecular weight is 1380 g/mol. The van der Waals surface area contributed by atoms with Crippen LogP contribution in [0.3, 0.4) is 0 Å². The Morgan fingerprint density at radius 2 is 1.18 bits per heavy atom. The van der Waals surface area contributed by atoms with Crippen LogP contribution in [0.4, 0.5) is 26.3 Å². The Balaban J connectivity index is 1.57. The predicted molar refractivity (Wildman–Crippen MR) is 343 cm³/mol. The number of nitrogens with one attached hydrogen (secondary N) is 3. The molecule has 95 heavy (non-hydrogen) atoms. The van der Waals surface area contributed by atoms with E-state index in [1.807, 2.05) is 13.8 Å². The highest BCUT2D eigenvalue weighted by molar-refractivity contribution is 6.20. The van der Waals surface area contributed by atoms with Gasteiger partial charge in [0.05, 0.1) is 31.5 Å². The highest BCUT2D eigenvalue weighted by Gasteiger charge is 2.52. The van der Waals surface area contributed by atoms with Crippen LogP contribution in [0.25, 0.3) is 0 Å². The number of carbonyl (C=O) groups is 11. The second-order valence-corrected chi connectivity index (χ2v) is 29.3. The molecular weight excluding hydrogens is 1270 g/mol. The van der Waals surface area contributed by atoms with E-state index in [0.29, 0.717) is 32.1 Å². The number of alkyl halides is 7. The third-order valence-electron chi connectivity index (χ3n) is 20.9. The molecule has 2 saturated heterocycles. The number of hydrogen-bond acceptors (Lipinski definition) is 11. The zero-order valence-corrected chi connectivity index (χ0v) is 58.9. The van der Waals surface area contributed by atoms with Gasteiger partial charge in [-0.2, -0.15) is 26.3 Å². The molecule has 3 saturated carbocycles. The molecule has 1 spiro atoms. The van der Waals surface area contributed by atoms with Crippen molar-refractivity contribution >= 4 is 76.6 Å². The lowest BCUT2D eigenvalue weighted by Crippen LogP contribution is -2.64. The molecule has 540 valence electrons. The Labute approximate surface area is 561 Å². The number of likely N-dealkylation sites (N-methyl/N-ethyl adjacent to an activating group) is 7. The van der Waals surface area contributed by atoms with Crippen LogP contribution in [-0.4, -0.2) is 245 Å². The molecule has 2 heterocycles. The normalized spacial score (nSPS) is 30.6. The summed E-state index contributed by atoms with van der Waals surface area (Å²) in [6.45, 7) is 10.2. The van der Waals surface area contributed by atoms with Crippen molar-refractivity contribution in [2.24, 2.45) is 41.4 Å². The van der Waals surface area contributed by atoms with Gasteiger partial charge in [-0.3, -0.25) is 52.7 Å². The number of nitrogens with zero attached hydrogens (tertiary/aromatic N) is 8. The summed E-state index contributed by atoms with van der Waals surface area (Å²) in [4.78, 5) is 170. The van der Waals surface area contributed by atoms with Gasteiger partial charge in [0, 0.05) is 73.7 Å². The van der Waals surface area contributed by atoms with Gasteiger partial charge in [-0.15, -0.1) is 11.6 Å². The summed E-state index contributed by atoms with van der Waals surface area (Å²) in [7, 11) is 9.39. The lowest BCUT2D eigenvalue weighted by Gasteiger charge is -2.41. The highest BCUT2D eigenvalue weighted by atomic mass is 35.5. The fraction of sp³-hybridized carbons (Fsp3) is 0.833. The number of halogens is 7. The molecule has 5 fully saturated rings. The van der Waals surface area contributed by atoms with Crippen LogP contribution in [-0.2, 0) is 52.7 Å². The van der Waals surface area contributed by atoms with E-state index in [1.54, 1.807) is 34.6 Å². The third kappa shape index (κ3) is 20.3. The minimum atomic E-state index is -4.67. The first-order valence-corrected chi connectivity index (χ1v) is 34.4. The molecule has 13 atom stereocenters. The van der Waals surface area contributed by atoms with Crippen LogP contribution in [0.1, 0.15) is 170 Å². The number of fused-ring (bicyclic) bond motifs is 1. The topological polar surface area (TPSA) is 250 Å². The standard InChI is InChI=1S/C66H106ClF6N11O11/c1-15-40(6)55-61(93)79(10)36-53(87)77(8)37-54(88)82(13)50(34-43-21-16-17-22-44(43)65(68,69)70)60(92)78(9)35-51(85)74-47(27-25-42-24-26-45(46(67)33-42)66(71,72)73)59(91)84-30-20-23-48(84)58(90)76-64(28-18-19-29-64)63(95)83(14)56(39(4)5)62(94)80(11)41(7)32-52(86)81(12)49(31-38(2)3)57(89)75-55/h38-50,55-56H,15-37H2,1-14H3,(H,74,85)(H,75,89)(H,76,90)/t40-,41+,42?,43?,44?,45?,46?,47-,48-,49-,50-,55-,56-/m0/s1. The summed E-state index contributed by atoms with van der Waals surface area (Å²) in [5, 5.41) is 7.26. The molecule has 11 amide bonds. The zero-order chi connectivity index (χ0) is 71.5. The molecule has 22 nitrogen and oxygen atoms in total. The maximum Gasteiger partial charge on any atom is 0.393 e. The molecule has 0 bridgehead atoms. The average Bonchev–Trinajstić information content (AvgIpc) is 1.74. The van der Waals surface area contributed by atoms with E-state index in [9.17, 15) is 69.5 Å². The zero-order valence-electron chi connectivity index (χ0n) is 58.1. The summed E-state index contributed by atoms with van der Waals surface area (Å²) < 4.78 is 85.9. The van der Waals surface area contributed by atoms with E-state index < -0.39 is 192 Å². The van der Waals surface area contributed by atoms with E-state index in [4.69, 9.17) is 11.6 Å². The minimum Gasteiger partial charge on any atom is -0.343 e. The monoisotopic (exact) mass is 1380 g/mol. The van der Waals surface area contributed by atoms with E-state index in [-0.39, 0.29) is 95.9 Å². The molecular formula is C66H106ClF6N11O11. The SMILES string of the molecule is CC[C@H](C)[C@@H]1NC(=O)[C@H](CC(C)C)N(C)C(=O)C[C@@H](C)N(C)C(=O)[C@H](C(C)C)N(C)C(=O)C2(CCCC2)NC(=O)[C@@H]2CCCN2C(=O)[C@H](CCC2CCC(C(F)(F)F)C(Cl)C2)NC(=O)CN(C)C(=O)[C@H](CC2CCCCC2C(F)(F)F)N(C)C(=O)CN(C)C(=O)CN(C)C1=O. The summed E-state index contributed by atoms with van der Waals surface area (Å²) in [5.74, 6) is -14.3. The first-order valence-electron chi connectivity index (χ1n) is 34.0. The summed E-state index contributed by atoms with van der Waals surface area (Å²) in [5.41, 5.74) is -1.54. The maximum absolute atomic E-state index is 15.1. The molecule has 5 aliphatic rings. The van der Waals surface area contributed by atoms with Crippen molar-refractivity contribution in [2.45, 2.75) is 236 Å². The van der Waals surface area contributed by atoms with Crippen LogP contribution in [0, 0.1) is 41.4 Å². The number of rotatable bonds is 10. The van der Waals surface area contributed by atoms with E-state index in [2.05, 4.69) is 16.0 Å². The first-order chi connectivity index (χ1) is 44.2. The quantitative estimate of drug-likeness (QED) is 0.160. The van der Waals surface area contributed by atoms with Crippen LogP contribution >= 0.6 is 11.6 Å². The summed E-state index contributed by atoms with van der Waals surface area (Å²) >= 11 is 6.34. The number of amides is 11. The molecule has 0 aromatic heterocycles. The van der Waals surface area contributed by atoms with Gasteiger partial charge in [-0.05, 0) is 120 Å². The van der Waals surface area contributed by atoms with Gasteiger partial charge >= 0.3 is 12.4 Å². The van der Waals surface area contributed by atoms with Gasteiger partial charge < -0.3 is 55.1 Å². The fourth-order valence-electron chi connectivity index (χ4n) is 14.6. The molecule has 5 unspecified atom stereocenters. The largest absolute Gasteiger partial charge is 0.393 e. The Hall–Kier alpha value is -5.96. The van der Waals surface area contributed by atoms with Crippen molar-refractivity contribution in [1.29, 1.82) is 0 Å². The smallest absolute Gasteiger partial charge is 0.343 e. The number of carbonyl (C=O) groups excluding carboxylic acids is 11. The lowest BCUT2D eigenvalue weighted by atomic mass is 9.75.